The number of aliphatic hydroxyl groups is 1. The fraction of sp³-hybridized carbons (Fsp3) is 0.348. The van der Waals surface area contributed by atoms with E-state index in [1.165, 1.54) is 0 Å². The molecule has 1 heterocycles. The van der Waals surface area contributed by atoms with Crippen LogP contribution in [-0.4, -0.2) is 25.8 Å². The lowest BCUT2D eigenvalue weighted by atomic mass is 9.30. The van der Waals surface area contributed by atoms with E-state index in [0.29, 0.717) is 11.6 Å². The first-order valence-electron chi connectivity index (χ1n) is 10.0. The van der Waals surface area contributed by atoms with Crippen molar-refractivity contribution in [2.24, 2.45) is 5.41 Å². The minimum Gasteiger partial charge on any atom is -0.377 e. The molecule has 3 aromatic rings. The van der Waals surface area contributed by atoms with Crippen molar-refractivity contribution in [2.45, 2.75) is 42.7 Å². The van der Waals surface area contributed by atoms with Crippen LogP contribution in [0.1, 0.15) is 36.0 Å². The Morgan fingerprint density at radius 2 is 1.78 bits per heavy atom. The van der Waals surface area contributed by atoms with E-state index >= 15 is 8.78 Å². The van der Waals surface area contributed by atoms with Crippen molar-refractivity contribution in [2.75, 3.05) is 0 Å². The SMILES string of the molecule is N#Cc1ccc(C23CC(C(F)(F)[C@](O)(Cn4cncn4)c4ccc(F)cc4F)(C2)C3)cc1. The van der Waals surface area contributed by atoms with Gasteiger partial charge in [-0.2, -0.15) is 10.4 Å². The number of nitriles is 1. The molecule has 32 heavy (non-hydrogen) atoms. The number of aromatic nitrogens is 3. The number of alkyl halides is 2. The molecule has 164 valence electrons. The van der Waals surface area contributed by atoms with Crippen LogP contribution in [0.2, 0.25) is 0 Å². The minimum absolute atomic E-state index is 0.112. The highest BCUT2D eigenvalue weighted by Crippen LogP contribution is 2.80. The number of rotatable bonds is 6. The molecule has 0 radical (unpaired) electrons. The van der Waals surface area contributed by atoms with Gasteiger partial charge in [-0.05, 0) is 54.5 Å². The summed E-state index contributed by atoms with van der Waals surface area (Å²) in [6.45, 7) is -0.742. The van der Waals surface area contributed by atoms with Crippen molar-refractivity contribution in [3.63, 3.8) is 0 Å². The number of hydrogen-bond acceptors (Lipinski definition) is 4. The zero-order valence-electron chi connectivity index (χ0n) is 16.8. The summed E-state index contributed by atoms with van der Waals surface area (Å²) in [4.78, 5) is 3.71. The van der Waals surface area contributed by atoms with Gasteiger partial charge in [0.25, 0.3) is 5.92 Å². The summed E-state index contributed by atoms with van der Waals surface area (Å²) < 4.78 is 61.3. The molecule has 3 saturated carbocycles. The maximum absolute atomic E-state index is 16.1. The van der Waals surface area contributed by atoms with Gasteiger partial charge in [-0.15, -0.1) is 0 Å². The molecule has 3 fully saturated rings. The second kappa shape index (κ2) is 6.62. The molecule has 5 nitrogen and oxygen atoms in total. The number of nitrogens with zero attached hydrogens (tertiary/aromatic N) is 4. The smallest absolute Gasteiger partial charge is 0.287 e. The molecule has 6 rings (SSSR count). The van der Waals surface area contributed by atoms with Crippen molar-refractivity contribution in [3.05, 3.63) is 83.4 Å². The lowest BCUT2D eigenvalue weighted by Gasteiger charge is -2.74. The van der Waals surface area contributed by atoms with E-state index in [1.807, 2.05) is 6.07 Å². The van der Waals surface area contributed by atoms with Crippen molar-refractivity contribution in [3.8, 4) is 6.07 Å². The topological polar surface area (TPSA) is 74.7 Å². The number of halogens is 4. The maximum Gasteiger partial charge on any atom is 0.287 e. The van der Waals surface area contributed by atoms with Gasteiger partial charge in [0.05, 0.1) is 18.2 Å². The molecule has 9 heteroatoms. The molecule has 2 bridgehead atoms. The van der Waals surface area contributed by atoms with E-state index in [2.05, 4.69) is 10.1 Å². The first-order valence-corrected chi connectivity index (χ1v) is 10.0. The Bertz CT molecular complexity index is 1200. The monoisotopic (exact) mass is 442 g/mol. The molecule has 1 aromatic heterocycles. The highest BCUT2D eigenvalue weighted by atomic mass is 19.3. The molecular weight excluding hydrogens is 424 g/mol. The molecule has 3 aliphatic rings. The summed E-state index contributed by atoms with van der Waals surface area (Å²) in [5, 5.41) is 24.1. The summed E-state index contributed by atoms with van der Waals surface area (Å²) in [6, 6.07) is 11.0. The van der Waals surface area contributed by atoms with Crippen LogP contribution in [0.3, 0.4) is 0 Å². The second-order valence-corrected chi connectivity index (χ2v) is 8.93. The highest BCUT2D eigenvalue weighted by molar-refractivity contribution is 5.45. The van der Waals surface area contributed by atoms with Gasteiger partial charge in [0.1, 0.15) is 24.3 Å². The van der Waals surface area contributed by atoms with Gasteiger partial charge in [-0.25, -0.2) is 27.2 Å². The quantitative estimate of drug-likeness (QED) is 0.584. The summed E-state index contributed by atoms with van der Waals surface area (Å²) >= 11 is 0. The molecule has 0 aliphatic heterocycles. The third-order valence-electron chi connectivity index (χ3n) is 7.08. The molecular formula is C23H18F4N4O. The van der Waals surface area contributed by atoms with Gasteiger partial charge in [-0.3, -0.25) is 0 Å². The first-order chi connectivity index (χ1) is 15.1. The van der Waals surface area contributed by atoms with Gasteiger partial charge in [0.15, 0.2) is 5.60 Å². The van der Waals surface area contributed by atoms with E-state index in [4.69, 9.17) is 5.26 Å². The average Bonchev–Trinajstić information content (AvgIpc) is 3.18. The van der Waals surface area contributed by atoms with E-state index < -0.39 is 46.1 Å². The molecule has 0 saturated heterocycles. The second-order valence-electron chi connectivity index (χ2n) is 8.93. The average molecular weight is 442 g/mol. The summed E-state index contributed by atoms with van der Waals surface area (Å²) in [5.74, 6) is -5.91. The van der Waals surface area contributed by atoms with Gasteiger partial charge < -0.3 is 5.11 Å². The normalized spacial score (nSPS) is 25.9. The first kappa shape index (κ1) is 20.6. The minimum atomic E-state index is -3.74. The van der Waals surface area contributed by atoms with E-state index in [0.717, 1.165) is 35.0 Å². The maximum atomic E-state index is 16.1. The Labute approximate surface area is 180 Å². The predicted molar refractivity (Wildman–Crippen MR) is 104 cm³/mol. The third kappa shape index (κ3) is 2.65. The van der Waals surface area contributed by atoms with Gasteiger partial charge in [0, 0.05) is 17.0 Å². The Morgan fingerprint density at radius 1 is 1.09 bits per heavy atom. The number of benzene rings is 2. The van der Waals surface area contributed by atoms with Gasteiger partial charge in [-0.1, -0.05) is 12.1 Å². The lowest BCUT2D eigenvalue weighted by molar-refractivity contribution is -0.347. The summed E-state index contributed by atoms with van der Waals surface area (Å²) in [6.07, 6.45) is 2.62. The third-order valence-corrected chi connectivity index (χ3v) is 7.08. The molecule has 1 atom stereocenters. The molecule has 0 unspecified atom stereocenters. The van der Waals surface area contributed by atoms with Crippen LogP contribution in [0, 0.1) is 28.4 Å². The summed E-state index contributed by atoms with van der Waals surface area (Å²) in [5.41, 5.74) is -4.28. The molecule has 2 aromatic carbocycles. The van der Waals surface area contributed by atoms with Gasteiger partial charge >= 0.3 is 0 Å². The van der Waals surface area contributed by atoms with Crippen molar-refractivity contribution in [1.29, 1.82) is 5.26 Å². The Kier molecular flexibility index (Phi) is 4.27. The Morgan fingerprint density at radius 3 is 2.34 bits per heavy atom. The van der Waals surface area contributed by atoms with Crippen LogP contribution >= 0.6 is 0 Å². The lowest BCUT2D eigenvalue weighted by Crippen LogP contribution is -2.76. The zero-order chi connectivity index (χ0) is 22.8. The van der Waals surface area contributed by atoms with Crippen LogP contribution in [0.5, 0.6) is 0 Å². The molecule has 1 N–H and O–H groups in total. The van der Waals surface area contributed by atoms with Crippen molar-refractivity contribution >= 4 is 0 Å². The van der Waals surface area contributed by atoms with Crippen LogP contribution in [0.4, 0.5) is 17.6 Å². The Hall–Kier alpha value is -3.25. The van der Waals surface area contributed by atoms with Crippen LogP contribution in [0.25, 0.3) is 0 Å². The van der Waals surface area contributed by atoms with Crippen molar-refractivity contribution in [1.82, 2.24) is 14.8 Å². The fourth-order valence-corrected chi connectivity index (χ4v) is 5.49. The molecule has 0 amide bonds. The standard InChI is InChI=1S/C23H18F4N4O/c24-17-5-6-18(19(25)7-17)22(32,12-31-14-29-13-30-31)23(26,27)21-9-20(10-21,11-21)16-3-1-15(8-28)2-4-16/h1-7,13-14,32H,9-12H2/t20?,21?,22-/m0/s1. The summed E-state index contributed by atoms with van der Waals surface area (Å²) in [7, 11) is 0. The highest BCUT2D eigenvalue weighted by Gasteiger charge is 2.82. The zero-order valence-corrected chi connectivity index (χ0v) is 16.8. The largest absolute Gasteiger partial charge is 0.377 e. The van der Waals surface area contributed by atoms with Crippen LogP contribution < -0.4 is 0 Å². The number of hydrogen-bond donors (Lipinski definition) is 1. The van der Waals surface area contributed by atoms with Crippen molar-refractivity contribution < 1.29 is 22.7 Å². The fourth-order valence-electron chi connectivity index (χ4n) is 5.49. The van der Waals surface area contributed by atoms with E-state index in [-0.39, 0.29) is 19.3 Å². The van der Waals surface area contributed by atoms with E-state index in [1.54, 1.807) is 24.3 Å². The molecule has 0 spiro atoms. The van der Waals surface area contributed by atoms with E-state index in [9.17, 15) is 13.9 Å². The Balaban J connectivity index is 1.50. The molecule has 3 aliphatic carbocycles. The predicted octanol–water partition coefficient (Wildman–Crippen LogP) is 4.07. The van der Waals surface area contributed by atoms with Gasteiger partial charge in [0.2, 0.25) is 0 Å². The van der Waals surface area contributed by atoms with Crippen LogP contribution in [0.15, 0.2) is 55.1 Å². The van der Waals surface area contributed by atoms with Crippen LogP contribution in [-0.2, 0) is 17.6 Å².